The lowest BCUT2D eigenvalue weighted by Gasteiger charge is -2.18. The van der Waals surface area contributed by atoms with E-state index in [2.05, 4.69) is 0 Å². The van der Waals surface area contributed by atoms with Crippen molar-refractivity contribution in [2.24, 2.45) is 5.73 Å². The molecule has 17 heavy (non-hydrogen) atoms. The summed E-state index contributed by atoms with van der Waals surface area (Å²) in [5.74, 6) is 0.896. The van der Waals surface area contributed by atoms with Crippen LogP contribution in [0.5, 0.6) is 5.75 Å². The van der Waals surface area contributed by atoms with Gasteiger partial charge in [-0.15, -0.1) is 0 Å². The van der Waals surface area contributed by atoms with Crippen molar-refractivity contribution in [1.82, 2.24) is 0 Å². The molecule has 2 N–H and O–H groups in total. The lowest BCUT2D eigenvalue weighted by atomic mass is 10.0. The van der Waals surface area contributed by atoms with Gasteiger partial charge in [0, 0.05) is 25.3 Å². The highest BCUT2D eigenvalue weighted by Crippen LogP contribution is 2.27. The van der Waals surface area contributed by atoms with E-state index >= 15 is 0 Å². The number of ether oxygens (including phenoxy) is 2. The molecular weight excluding hydrogens is 214 g/mol. The van der Waals surface area contributed by atoms with E-state index in [1.807, 2.05) is 38.1 Å². The van der Waals surface area contributed by atoms with Crippen LogP contribution in [0.25, 0.3) is 0 Å². The van der Waals surface area contributed by atoms with E-state index in [1.165, 1.54) is 0 Å². The Morgan fingerprint density at radius 1 is 1.24 bits per heavy atom. The molecule has 0 aliphatic carbocycles. The number of methoxy groups -OCH3 is 1. The minimum Gasteiger partial charge on any atom is -0.491 e. The Labute approximate surface area is 104 Å². The lowest BCUT2D eigenvalue weighted by Crippen LogP contribution is -2.15. The zero-order valence-corrected chi connectivity index (χ0v) is 11.0. The third-order valence-corrected chi connectivity index (χ3v) is 2.54. The van der Waals surface area contributed by atoms with E-state index in [0.29, 0.717) is 0 Å². The molecule has 0 amide bonds. The fourth-order valence-electron chi connectivity index (χ4n) is 1.75. The van der Waals surface area contributed by atoms with Crippen LogP contribution >= 0.6 is 0 Å². The number of hydrogen-bond donors (Lipinski definition) is 1. The van der Waals surface area contributed by atoms with Gasteiger partial charge in [-0.25, -0.2) is 0 Å². The summed E-state index contributed by atoms with van der Waals surface area (Å²) < 4.78 is 10.8. The van der Waals surface area contributed by atoms with E-state index < -0.39 is 0 Å². The Morgan fingerprint density at radius 3 is 2.59 bits per heavy atom. The molecule has 0 fully saturated rings. The number of nitrogens with two attached hydrogens (primary N) is 1. The molecule has 1 aromatic carbocycles. The first-order valence-corrected chi connectivity index (χ1v) is 6.15. The van der Waals surface area contributed by atoms with E-state index in [0.717, 1.165) is 30.8 Å². The van der Waals surface area contributed by atoms with Crippen molar-refractivity contribution in [1.29, 1.82) is 0 Å². The second-order valence-corrected chi connectivity index (χ2v) is 4.45. The largest absolute Gasteiger partial charge is 0.491 e. The second kappa shape index (κ2) is 7.30. The standard InChI is InChI=1S/C14H23NO2/c1-11(2)17-14-9-5-4-7-12(14)13(15)8-6-10-16-3/h4-5,7,9,11,13H,6,8,10,15H2,1-3H3. The van der Waals surface area contributed by atoms with Crippen molar-refractivity contribution < 1.29 is 9.47 Å². The van der Waals surface area contributed by atoms with Gasteiger partial charge in [0.25, 0.3) is 0 Å². The van der Waals surface area contributed by atoms with Gasteiger partial charge in [0.05, 0.1) is 6.10 Å². The molecule has 0 aromatic heterocycles. The van der Waals surface area contributed by atoms with Gasteiger partial charge in [-0.2, -0.15) is 0 Å². The zero-order chi connectivity index (χ0) is 12.7. The molecular formula is C14H23NO2. The van der Waals surface area contributed by atoms with E-state index in [4.69, 9.17) is 15.2 Å². The minimum absolute atomic E-state index is 0.0140. The molecule has 96 valence electrons. The minimum atomic E-state index is 0.0140. The maximum absolute atomic E-state index is 6.18. The molecule has 0 aliphatic heterocycles. The first kappa shape index (κ1) is 14.0. The summed E-state index contributed by atoms with van der Waals surface area (Å²) in [5.41, 5.74) is 7.26. The van der Waals surface area contributed by atoms with Crippen molar-refractivity contribution >= 4 is 0 Å². The Hall–Kier alpha value is -1.06. The van der Waals surface area contributed by atoms with Gasteiger partial charge >= 0.3 is 0 Å². The fraction of sp³-hybridized carbons (Fsp3) is 0.571. The molecule has 0 aliphatic rings. The first-order chi connectivity index (χ1) is 8.15. The number of rotatable bonds is 7. The Morgan fingerprint density at radius 2 is 1.94 bits per heavy atom. The topological polar surface area (TPSA) is 44.5 Å². The van der Waals surface area contributed by atoms with Gasteiger partial charge in [-0.05, 0) is 32.8 Å². The highest BCUT2D eigenvalue weighted by atomic mass is 16.5. The first-order valence-electron chi connectivity index (χ1n) is 6.15. The molecule has 3 heteroatoms. The van der Waals surface area contributed by atoms with Gasteiger partial charge in [0.15, 0.2) is 0 Å². The normalized spacial score (nSPS) is 12.8. The van der Waals surface area contributed by atoms with Crippen LogP contribution < -0.4 is 10.5 Å². The van der Waals surface area contributed by atoms with Crippen molar-refractivity contribution in [3.05, 3.63) is 29.8 Å². The number of benzene rings is 1. The Balaban J connectivity index is 2.67. The molecule has 1 aromatic rings. The molecule has 1 unspecified atom stereocenters. The van der Waals surface area contributed by atoms with Gasteiger partial charge in [0.1, 0.15) is 5.75 Å². The van der Waals surface area contributed by atoms with Crippen molar-refractivity contribution in [2.75, 3.05) is 13.7 Å². The highest BCUT2D eigenvalue weighted by molar-refractivity contribution is 5.35. The van der Waals surface area contributed by atoms with Gasteiger partial charge in [-0.3, -0.25) is 0 Å². The molecule has 0 saturated heterocycles. The maximum Gasteiger partial charge on any atom is 0.124 e. The lowest BCUT2D eigenvalue weighted by molar-refractivity contribution is 0.190. The van der Waals surface area contributed by atoms with Crippen LogP contribution in [-0.4, -0.2) is 19.8 Å². The summed E-state index contributed by atoms with van der Waals surface area (Å²) in [6.07, 6.45) is 2.04. The third-order valence-electron chi connectivity index (χ3n) is 2.54. The third kappa shape index (κ3) is 4.75. The van der Waals surface area contributed by atoms with Crippen LogP contribution in [0.1, 0.15) is 38.3 Å². The maximum atomic E-state index is 6.18. The number of para-hydroxylation sites is 1. The monoisotopic (exact) mass is 237 g/mol. The molecule has 0 radical (unpaired) electrons. The summed E-state index contributed by atoms with van der Waals surface area (Å²) in [4.78, 5) is 0. The van der Waals surface area contributed by atoms with Crippen LogP contribution in [-0.2, 0) is 4.74 Å². The van der Waals surface area contributed by atoms with E-state index in [-0.39, 0.29) is 12.1 Å². The summed E-state index contributed by atoms with van der Waals surface area (Å²) in [6, 6.07) is 8.00. The molecule has 0 spiro atoms. The van der Waals surface area contributed by atoms with Crippen LogP contribution in [0.4, 0.5) is 0 Å². The quantitative estimate of drug-likeness (QED) is 0.742. The van der Waals surface area contributed by atoms with Gasteiger partial charge in [0.2, 0.25) is 0 Å². The predicted octanol–water partition coefficient (Wildman–Crippen LogP) is 2.90. The summed E-state index contributed by atoms with van der Waals surface area (Å²) in [6.45, 7) is 4.79. The van der Waals surface area contributed by atoms with Crippen molar-refractivity contribution in [3.63, 3.8) is 0 Å². The summed E-state index contributed by atoms with van der Waals surface area (Å²) in [5, 5.41) is 0. The molecule has 0 heterocycles. The SMILES string of the molecule is COCCCC(N)c1ccccc1OC(C)C. The Kier molecular flexibility index (Phi) is 6.01. The van der Waals surface area contributed by atoms with Crippen LogP contribution in [0.15, 0.2) is 24.3 Å². The van der Waals surface area contributed by atoms with Crippen LogP contribution in [0.3, 0.4) is 0 Å². The predicted molar refractivity (Wildman–Crippen MR) is 70.2 cm³/mol. The van der Waals surface area contributed by atoms with Crippen LogP contribution in [0.2, 0.25) is 0 Å². The fourth-order valence-corrected chi connectivity index (χ4v) is 1.75. The average molecular weight is 237 g/mol. The van der Waals surface area contributed by atoms with E-state index in [1.54, 1.807) is 7.11 Å². The van der Waals surface area contributed by atoms with E-state index in [9.17, 15) is 0 Å². The molecule has 1 atom stereocenters. The smallest absolute Gasteiger partial charge is 0.124 e. The van der Waals surface area contributed by atoms with Gasteiger partial charge in [-0.1, -0.05) is 18.2 Å². The summed E-state index contributed by atoms with van der Waals surface area (Å²) >= 11 is 0. The Bertz CT molecular complexity index is 326. The molecule has 0 saturated carbocycles. The van der Waals surface area contributed by atoms with Crippen LogP contribution in [0, 0.1) is 0 Å². The highest BCUT2D eigenvalue weighted by Gasteiger charge is 2.12. The molecule has 0 bridgehead atoms. The summed E-state index contributed by atoms with van der Waals surface area (Å²) in [7, 11) is 1.71. The van der Waals surface area contributed by atoms with Gasteiger partial charge < -0.3 is 15.2 Å². The molecule has 3 nitrogen and oxygen atoms in total. The second-order valence-electron chi connectivity index (χ2n) is 4.45. The average Bonchev–Trinajstić information content (AvgIpc) is 2.29. The molecule has 1 rings (SSSR count). The zero-order valence-electron chi connectivity index (χ0n) is 11.0. The van der Waals surface area contributed by atoms with Crippen molar-refractivity contribution in [3.8, 4) is 5.75 Å². The van der Waals surface area contributed by atoms with Crippen molar-refractivity contribution in [2.45, 2.75) is 38.8 Å². The number of hydrogen-bond acceptors (Lipinski definition) is 3.